The number of benzene rings is 1. The predicted octanol–water partition coefficient (Wildman–Crippen LogP) is 4.54. The van der Waals surface area contributed by atoms with E-state index >= 15 is 4.39 Å². The zero-order valence-corrected chi connectivity index (χ0v) is 26.0. The summed E-state index contributed by atoms with van der Waals surface area (Å²) in [6.07, 6.45) is 5.39. The largest absolute Gasteiger partial charge is 0.462 e. The quantitative estimate of drug-likeness (QED) is 0.252. The van der Waals surface area contributed by atoms with Gasteiger partial charge in [-0.1, -0.05) is 30.3 Å². The summed E-state index contributed by atoms with van der Waals surface area (Å²) in [5.41, 5.74) is 0.374. The Hall–Kier alpha value is -4.51. The zero-order valence-electron chi connectivity index (χ0n) is 25.3. The fourth-order valence-corrected chi connectivity index (χ4v) is 6.48. The number of ether oxygens (including phenoxy) is 2. The fourth-order valence-electron chi connectivity index (χ4n) is 6.20. The molecule has 0 spiro atoms. The lowest BCUT2D eigenvalue weighted by Gasteiger charge is -2.41. The highest BCUT2D eigenvalue weighted by atomic mass is 35.5. The molecular formula is C32H31ClF2N8O3. The maximum absolute atomic E-state index is 16.6. The van der Waals surface area contributed by atoms with Gasteiger partial charge in [-0.2, -0.15) is 15.2 Å². The molecule has 0 N–H and O–H groups in total. The van der Waals surface area contributed by atoms with E-state index in [2.05, 4.69) is 37.5 Å². The number of aromatic nitrogens is 4. The molecule has 6 rings (SSSR count). The minimum Gasteiger partial charge on any atom is -0.462 e. The normalized spacial score (nSPS) is 20.3. The van der Waals surface area contributed by atoms with Crippen molar-refractivity contribution in [1.82, 2.24) is 29.7 Å². The number of anilines is 1. The number of likely N-dealkylation sites (N-methyl/N-ethyl adjacent to an activating group) is 1. The Labute approximate surface area is 269 Å². The number of pyridine rings is 2. The molecule has 3 atom stereocenters. The molecule has 14 heteroatoms. The van der Waals surface area contributed by atoms with Gasteiger partial charge < -0.3 is 19.3 Å². The van der Waals surface area contributed by atoms with E-state index in [1.807, 2.05) is 18.0 Å². The summed E-state index contributed by atoms with van der Waals surface area (Å²) in [7, 11) is 3.65. The Kier molecular flexibility index (Phi) is 8.95. The lowest BCUT2D eigenvalue weighted by Crippen LogP contribution is -2.55. The molecule has 46 heavy (non-hydrogen) atoms. The number of methoxy groups -OCH3 is 1. The molecule has 0 aliphatic carbocycles. The van der Waals surface area contributed by atoms with Crippen LogP contribution in [0.5, 0.6) is 6.01 Å². The van der Waals surface area contributed by atoms with E-state index in [-0.39, 0.29) is 62.0 Å². The molecule has 11 nitrogen and oxygen atoms in total. The first-order valence-electron chi connectivity index (χ1n) is 14.7. The van der Waals surface area contributed by atoms with Crippen LogP contribution in [0.3, 0.4) is 0 Å². The molecular weight excluding hydrogens is 618 g/mol. The highest BCUT2D eigenvalue weighted by Gasteiger charge is 2.34. The number of piperazine rings is 1. The summed E-state index contributed by atoms with van der Waals surface area (Å²) in [6.45, 7) is 4.55. The highest BCUT2D eigenvalue weighted by molar-refractivity contribution is 6.36. The van der Waals surface area contributed by atoms with E-state index in [1.165, 1.54) is 17.3 Å². The van der Waals surface area contributed by atoms with E-state index < -0.39 is 23.6 Å². The number of hydrogen-bond donors (Lipinski definition) is 0. The van der Waals surface area contributed by atoms with Gasteiger partial charge in [0.05, 0.1) is 30.0 Å². The number of fused-ring (bicyclic) bond motifs is 2. The van der Waals surface area contributed by atoms with Crippen molar-refractivity contribution in [2.75, 3.05) is 51.8 Å². The van der Waals surface area contributed by atoms with Gasteiger partial charge >= 0.3 is 6.01 Å². The average molecular weight is 649 g/mol. The van der Waals surface area contributed by atoms with Crippen molar-refractivity contribution in [3.8, 4) is 23.3 Å². The standard InChI is InChI=1S/C32H31ClF2N8O3/c1-18(34)31(44)43-10-9-42(15-20(43)7-8-36)30-24-14-38-28(23-13-37-12-19-5-4-6-25(33)26(19)23)27(35)29(24)39-32(40-30)46-17-21-11-22(45-3)16-41(21)2/h4-6,12-14,20-22H,1,7,9-11,15-17H2,2-3H3/t20-,21-,22+/m0/s1. The second-order valence-corrected chi connectivity index (χ2v) is 11.8. The van der Waals surface area contributed by atoms with Gasteiger partial charge in [-0.05, 0) is 19.5 Å². The monoisotopic (exact) mass is 648 g/mol. The van der Waals surface area contributed by atoms with Crippen LogP contribution in [0.2, 0.25) is 5.02 Å². The molecule has 0 bridgehead atoms. The molecule has 0 unspecified atom stereocenters. The summed E-state index contributed by atoms with van der Waals surface area (Å²) < 4.78 is 42.1. The molecule has 1 amide bonds. The van der Waals surface area contributed by atoms with Crippen molar-refractivity contribution >= 4 is 45.0 Å². The molecule has 2 saturated heterocycles. The molecule has 238 valence electrons. The topological polar surface area (TPSA) is 121 Å². The van der Waals surface area contributed by atoms with Gasteiger partial charge in [-0.25, -0.2) is 8.78 Å². The second-order valence-electron chi connectivity index (χ2n) is 11.4. The van der Waals surface area contributed by atoms with Crippen molar-refractivity contribution in [3.63, 3.8) is 0 Å². The zero-order chi connectivity index (χ0) is 32.5. The van der Waals surface area contributed by atoms with Gasteiger partial charge in [0.2, 0.25) is 0 Å². The molecule has 5 heterocycles. The molecule has 4 aromatic rings. The van der Waals surface area contributed by atoms with Crippen molar-refractivity contribution in [3.05, 3.63) is 60.0 Å². The SMILES string of the molecule is C=C(F)C(=O)N1CCN(c2nc(OC[C@@H]3C[C@@H](OC)CN3C)nc3c(F)c(-c4cncc5cccc(Cl)c45)ncc23)C[C@@H]1CC#N. The molecule has 0 saturated carbocycles. The lowest BCUT2D eigenvalue weighted by molar-refractivity contribution is -0.131. The predicted molar refractivity (Wildman–Crippen MR) is 169 cm³/mol. The number of halogens is 3. The van der Waals surface area contributed by atoms with E-state index in [0.717, 1.165) is 18.4 Å². The summed E-state index contributed by atoms with van der Waals surface area (Å²) in [4.78, 5) is 35.7. The molecule has 3 aromatic heterocycles. The van der Waals surface area contributed by atoms with Crippen molar-refractivity contribution < 1.29 is 23.0 Å². The highest BCUT2D eigenvalue weighted by Crippen LogP contribution is 2.37. The average Bonchev–Trinajstić information content (AvgIpc) is 3.42. The molecule has 2 fully saturated rings. The van der Waals surface area contributed by atoms with Crippen LogP contribution in [0.15, 0.2) is 49.2 Å². The van der Waals surface area contributed by atoms with Crippen LogP contribution in [0.1, 0.15) is 12.8 Å². The first kappa shape index (κ1) is 31.5. The number of carbonyl (C=O) groups is 1. The van der Waals surface area contributed by atoms with Crippen LogP contribution in [0.25, 0.3) is 32.9 Å². The van der Waals surface area contributed by atoms with Gasteiger partial charge in [0.25, 0.3) is 5.91 Å². The van der Waals surface area contributed by atoms with Gasteiger partial charge in [0, 0.05) is 79.3 Å². The lowest BCUT2D eigenvalue weighted by atomic mass is 10.0. The summed E-state index contributed by atoms with van der Waals surface area (Å²) in [5, 5.41) is 11.5. The van der Waals surface area contributed by atoms with E-state index in [0.29, 0.717) is 27.2 Å². The smallest absolute Gasteiger partial charge is 0.319 e. The Morgan fingerprint density at radius 3 is 2.76 bits per heavy atom. The molecule has 1 aromatic carbocycles. The number of carbonyl (C=O) groups excluding carboxylic acids is 1. The minimum atomic E-state index is -1.10. The number of rotatable bonds is 8. The molecule has 2 aliphatic heterocycles. The van der Waals surface area contributed by atoms with Crippen molar-refractivity contribution in [2.45, 2.75) is 31.0 Å². The Bertz CT molecular complexity index is 1870. The maximum atomic E-state index is 16.6. The van der Waals surface area contributed by atoms with Gasteiger partial charge in [-0.15, -0.1) is 0 Å². The van der Waals surface area contributed by atoms with Crippen molar-refractivity contribution in [1.29, 1.82) is 5.26 Å². The molecule has 0 radical (unpaired) electrons. The molecule has 2 aliphatic rings. The van der Waals surface area contributed by atoms with E-state index in [9.17, 15) is 14.4 Å². The number of nitriles is 1. The van der Waals surface area contributed by atoms with Gasteiger partial charge in [0.15, 0.2) is 11.6 Å². The van der Waals surface area contributed by atoms with E-state index in [4.69, 9.17) is 21.1 Å². The third-order valence-electron chi connectivity index (χ3n) is 8.62. The number of hydrogen-bond acceptors (Lipinski definition) is 10. The summed E-state index contributed by atoms with van der Waals surface area (Å²) >= 11 is 6.54. The van der Waals surface area contributed by atoms with Crippen LogP contribution >= 0.6 is 11.6 Å². The van der Waals surface area contributed by atoms with Gasteiger partial charge in [-0.3, -0.25) is 19.7 Å². The Balaban J connectivity index is 1.44. The van der Waals surface area contributed by atoms with Crippen LogP contribution in [0.4, 0.5) is 14.6 Å². The van der Waals surface area contributed by atoms with Crippen LogP contribution in [-0.4, -0.2) is 101 Å². The number of likely N-dealkylation sites (tertiary alicyclic amines) is 1. The minimum absolute atomic E-state index is 0.00648. The third-order valence-corrected chi connectivity index (χ3v) is 8.94. The summed E-state index contributed by atoms with van der Waals surface area (Å²) in [6, 6.07) is 6.72. The summed E-state index contributed by atoms with van der Waals surface area (Å²) in [5.74, 6) is -2.37. The number of nitrogens with zero attached hydrogens (tertiary/aromatic N) is 8. The third kappa shape index (κ3) is 5.91. The fraction of sp³-hybridized carbons (Fsp3) is 0.375. The Morgan fingerprint density at radius 1 is 1.20 bits per heavy atom. The first-order chi connectivity index (χ1) is 22.2. The van der Waals surface area contributed by atoms with Crippen LogP contribution in [-0.2, 0) is 9.53 Å². The van der Waals surface area contributed by atoms with Gasteiger partial charge in [0.1, 0.15) is 23.6 Å². The van der Waals surface area contributed by atoms with Crippen LogP contribution < -0.4 is 9.64 Å². The number of amides is 1. The van der Waals surface area contributed by atoms with E-state index in [1.54, 1.807) is 25.4 Å². The van der Waals surface area contributed by atoms with Crippen molar-refractivity contribution in [2.24, 2.45) is 0 Å². The first-order valence-corrected chi connectivity index (χ1v) is 15.1. The second kappa shape index (κ2) is 13.1. The maximum Gasteiger partial charge on any atom is 0.319 e. The Morgan fingerprint density at radius 2 is 2.02 bits per heavy atom. The van der Waals surface area contributed by atoms with Crippen LogP contribution in [0, 0.1) is 17.1 Å².